The quantitative estimate of drug-likeness (QED) is 0.809. The summed E-state index contributed by atoms with van der Waals surface area (Å²) in [5, 5.41) is 3.33. The smallest absolute Gasteiger partial charge is 0.143 e. The van der Waals surface area contributed by atoms with E-state index in [1.807, 2.05) is 18.2 Å². The Morgan fingerprint density at radius 1 is 1.17 bits per heavy atom. The van der Waals surface area contributed by atoms with E-state index in [4.69, 9.17) is 10.5 Å². The highest BCUT2D eigenvalue weighted by molar-refractivity contribution is 5.72. The van der Waals surface area contributed by atoms with E-state index >= 15 is 0 Å². The molecule has 0 fully saturated rings. The number of hydrogen-bond donors (Lipinski definition) is 2. The molecule has 0 radical (unpaired) electrons. The molecule has 0 aliphatic carbocycles. The third kappa shape index (κ3) is 2.74. The van der Waals surface area contributed by atoms with Crippen LogP contribution in [0, 0.1) is 6.92 Å². The lowest BCUT2D eigenvalue weighted by atomic mass is 10.1. The summed E-state index contributed by atoms with van der Waals surface area (Å²) in [4.78, 5) is 0. The number of para-hydroxylation sites is 1. The Bertz CT molecular complexity index is 538. The molecule has 94 valence electrons. The van der Waals surface area contributed by atoms with Gasteiger partial charge < -0.3 is 15.8 Å². The van der Waals surface area contributed by atoms with Crippen LogP contribution in [-0.4, -0.2) is 7.11 Å². The Morgan fingerprint density at radius 2 is 1.94 bits per heavy atom. The number of nitrogen functional groups attached to an aromatic ring is 1. The van der Waals surface area contributed by atoms with Crippen LogP contribution in [0.25, 0.3) is 0 Å². The van der Waals surface area contributed by atoms with E-state index in [1.165, 1.54) is 11.1 Å². The molecule has 3 heteroatoms. The van der Waals surface area contributed by atoms with Crippen LogP contribution in [0.15, 0.2) is 42.5 Å². The van der Waals surface area contributed by atoms with Crippen molar-refractivity contribution < 1.29 is 4.74 Å². The fraction of sp³-hybridized carbons (Fsp3) is 0.200. The number of methoxy groups -OCH3 is 1. The Hall–Kier alpha value is -2.16. The van der Waals surface area contributed by atoms with Crippen LogP contribution < -0.4 is 15.8 Å². The molecule has 3 N–H and O–H groups in total. The average molecular weight is 242 g/mol. The molecule has 0 atom stereocenters. The molecule has 0 saturated heterocycles. The van der Waals surface area contributed by atoms with Gasteiger partial charge in [0, 0.05) is 6.54 Å². The summed E-state index contributed by atoms with van der Waals surface area (Å²) in [6.07, 6.45) is 0. The Labute approximate surface area is 108 Å². The normalized spacial score (nSPS) is 10.1. The van der Waals surface area contributed by atoms with Crippen molar-refractivity contribution in [2.24, 2.45) is 0 Å². The third-order valence-corrected chi connectivity index (χ3v) is 2.85. The zero-order valence-corrected chi connectivity index (χ0v) is 10.7. The van der Waals surface area contributed by atoms with Crippen LogP contribution in [0.4, 0.5) is 11.4 Å². The molecular weight excluding hydrogens is 224 g/mol. The highest BCUT2D eigenvalue weighted by atomic mass is 16.5. The van der Waals surface area contributed by atoms with E-state index < -0.39 is 0 Å². The predicted molar refractivity (Wildman–Crippen MR) is 75.9 cm³/mol. The molecule has 0 aromatic heterocycles. The van der Waals surface area contributed by atoms with Crippen molar-refractivity contribution in [2.75, 3.05) is 18.2 Å². The molecule has 0 spiro atoms. The molecule has 0 bridgehead atoms. The van der Waals surface area contributed by atoms with Gasteiger partial charge in [0.15, 0.2) is 0 Å². The van der Waals surface area contributed by atoms with Gasteiger partial charge in [-0.1, -0.05) is 35.9 Å². The summed E-state index contributed by atoms with van der Waals surface area (Å²) in [7, 11) is 1.62. The fourth-order valence-corrected chi connectivity index (χ4v) is 1.90. The molecule has 0 heterocycles. The van der Waals surface area contributed by atoms with E-state index in [9.17, 15) is 0 Å². The first-order valence-corrected chi connectivity index (χ1v) is 5.92. The summed E-state index contributed by atoms with van der Waals surface area (Å²) in [6, 6.07) is 14.1. The first-order valence-electron chi connectivity index (χ1n) is 5.92. The summed E-state index contributed by atoms with van der Waals surface area (Å²) >= 11 is 0. The minimum absolute atomic E-state index is 0.646. The highest BCUT2D eigenvalue weighted by Gasteiger charge is 2.04. The van der Waals surface area contributed by atoms with E-state index in [2.05, 4.69) is 36.5 Å². The minimum atomic E-state index is 0.646. The molecule has 3 nitrogen and oxygen atoms in total. The molecule has 0 saturated carbocycles. The largest absolute Gasteiger partial charge is 0.495 e. The highest BCUT2D eigenvalue weighted by Crippen LogP contribution is 2.29. The Balaban J connectivity index is 2.11. The molecule has 0 aliphatic heterocycles. The van der Waals surface area contributed by atoms with Crippen molar-refractivity contribution in [1.82, 2.24) is 0 Å². The van der Waals surface area contributed by atoms with Gasteiger partial charge in [-0.2, -0.15) is 0 Å². The summed E-state index contributed by atoms with van der Waals surface area (Å²) in [6.45, 7) is 2.84. The molecule has 2 aromatic rings. The summed E-state index contributed by atoms with van der Waals surface area (Å²) < 4.78 is 5.19. The lowest BCUT2D eigenvalue weighted by Crippen LogP contribution is -2.03. The number of ether oxygens (including phenoxy) is 1. The molecule has 2 rings (SSSR count). The van der Waals surface area contributed by atoms with E-state index in [0.29, 0.717) is 11.4 Å². The van der Waals surface area contributed by atoms with Gasteiger partial charge in [0.1, 0.15) is 5.75 Å². The Morgan fingerprint density at radius 3 is 2.67 bits per heavy atom. The maximum atomic E-state index is 6.00. The van der Waals surface area contributed by atoms with Crippen LogP contribution in [0.1, 0.15) is 11.1 Å². The second-order valence-corrected chi connectivity index (χ2v) is 4.26. The maximum Gasteiger partial charge on any atom is 0.143 e. The zero-order chi connectivity index (χ0) is 13.0. The standard InChI is InChI=1S/C15H18N2O/c1-11-5-3-6-12(9-11)10-17-13-7-4-8-14(18-2)15(13)16/h3-9,17H,10,16H2,1-2H3. The van der Waals surface area contributed by atoms with E-state index in [0.717, 1.165) is 12.2 Å². The van der Waals surface area contributed by atoms with Crippen molar-refractivity contribution in [3.05, 3.63) is 53.6 Å². The van der Waals surface area contributed by atoms with Gasteiger partial charge in [0.25, 0.3) is 0 Å². The second-order valence-electron chi connectivity index (χ2n) is 4.26. The third-order valence-electron chi connectivity index (χ3n) is 2.85. The van der Waals surface area contributed by atoms with Crippen LogP contribution in [0.2, 0.25) is 0 Å². The lowest BCUT2D eigenvalue weighted by molar-refractivity contribution is 0.417. The Kier molecular flexibility index (Phi) is 3.72. The van der Waals surface area contributed by atoms with Crippen LogP contribution in [-0.2, 0) is 6.54 Å². The van der Waals surface area contributed by atoms with Gasteiger partial charge in [0.05, 0.1) is 18.5 Å². The van der Waals surface area contributed by atoms with E-state index in [-0.39, 0.29) is 0 Å². The number of benzene rings is 2. The van der Waals surface area contributed by atoms with Gasteiger partial charge >= 0.3 is 0 Å². The number of nitrogens with two attached hydrogens (primary N) is 1. The second kappa shape index (κ2) is 5.45. The summed E-state index contributed by atoms with van der Waals surface area (Å²) in [5.41, 5.74) is 10.0. The number of hydrogen-bond acceptors (Lipinski definition) is 3. The van der Waals surface area contributed by atoms with E-state index in [1.54, 1.807) is 7.11 Å². The fourth-order valence-electron chi connectivity index (χ4n) is 1.90. The zero-order valence-electron chi connectivity index (χ0n) is 10.7. The van der Waals surface area contributed by atoms with Gasteiger partial charge in [-0.3, -0.25) is 0 Å². The maximum absolute atomic E-state index is 6.00. The topological polar surface area (TPSA) is 47.3 Å². The van der Waals surface area contributed by atoms with Crippen LogP contribution >= 0.6 is 0 Å². The van der Waals surface area contributed by atoms with Gasteiger partial charge in [0.2, 0.25) is 0 Å². The van der Waals surface area contributed by atoms with Crippen molar-refractivity contribution in [2.45, 2.75) is 13.5 Å². The van der Waals surface area contributed by atoms with Crippen molar-refractivity contribution in [1.29, 1.82) is 0 Å². The number of rotatable bonds is 4. The molecule has 18 heavy (non-hydrogen) atoms. The number of anilines is 2. The molecular formula is C15H18N2O. The van der Waals surface area contributed by atoms with Crippen LogP contribution in [0.3, 0.4) is 0 Å². The first-order chi connectivity index (χ1) is 8.70. The summed E-state index contributed by atoms with van der Waals surface area (Å²) in [5.74, 6) is 0.698. The van der Waals surface area contributed by atoms with Crippen LogP contribution in [0.5, 0.6) is 5.75 Å². The number of nitrogens with one attached hydrogen (secondary N) is 1. The van der Waals surface area contributed by atoms with Crippen molar-refractivity contribution >= 4 is 11.4 Å². The van der Waals surface area contributed by atoms with Gasteiger partial charge in [-0.25, -0.2) is 0 Å². The van der Waals surface area contributed by atoms with Gasteiger partial charge in [-0.15, -0.1) is 0 Å². The minimum Gasteiger partial charge on any atom is -0.495 e. The van der Waals surface area contributed by atoms with Crippen molar-refractivity contribution in [3.8, 4) is 5.75 Å². The predicted octanol–water partition coefficient (Wildman–Crippen LogP) is 3.20. The average Bonchev–Trinajstić information content (AvgIpc) is 2.38. The number of aryl methyl sites for hydroxylation is 1. The monoisotopic (exact) mass is 242 g/mol. The first kappa shape index (κ1) is 12.3. The lowest BCUT2D eigenvalue weighted by Gasteiger charge is -2.12. The molecule has 0 amide bonds. The molecule has 2 aromatic carbocycles. The molecule has 0 aliphatic rings. The van der Waals surface area contributed by atoms with Gasteiger partial charge in [-0.05, 0) is 24.6 Å². The van der Waals surface area contributed by atoms with Crippen molar-refractivity contribution in [3.63, 3.8) is 0 Å². The SMILES string of the molecule is COc1cccc(NCc2cccc(C)c2)c1N. The molecule has 0 unspecified atom stereocenters.